The lowest BCUT2D eigenvalue weighted by Crippen LogP contribution is -2.27. The molecule has 1 N–H and O–H groups in total. The average Bonchev–Trinajstić information content (AvgIpc) is 3.30. The maximum absolute atomic E-state index is 12.2. The molecule has 0 fully saturated rings. The van der Waals surface area contributed by atoms with E-state index in [0.29, 0.717) is 10.9 Å². The molecule has 0 aliphatic rings. The Balaban J connectivity index is 1.60. The van der Waals surface area contributed by atoms with Crippen molar-refractivity contribution in [2.75, 3.05) is 12.9 Å². The fourth-order valence-corrected chi connectivity index (χ4v) is 3.91. The van der Waals surface area contributed by atoms with E-state index in [4.69, 9.17) is 4.74 Å². The van der Waals surface area contributed by atoms with Crippen molar-refractivity contribution in [1.82, 2.24) is 20.1 Å². The fraction of sp³-hybridized carbons (Fsp3) is 0.278. The van der Waals surface area contributed by atoms with Crippen molar-refractivity contribution < 1.29 is 9.53 Å². The summed E-state index contributed by atoms with van der Waals surface area (Å²) in [7, 11) is 3.53. The molecule has 136 valence electrons. The van der Waals surface area contributed by atoms with Gasteiger partial charge in [-0.25, -0.2) is 0 Å². The Bertz CT molecular complexity index is 860. The van der Waals surface area contributed by atoms with Crippen molar-refractivity contribution in [3.05, 3.63) is 46.7 Å². The summed E-state index contributed by atoms with van der Waals surface area (Å²) in [5.41, 5.74) is 0.948. The second-order valence-electron chi connectivity index (χ2n) is 5.69. The van der Waals surface area contributed by atoms with Crippen LogP contribution in [0.1, 0.15) is 17.8 Å². The minimum Gasteiger partial charge on any atom is -0.497 e. The van der Waals surface area contributed by atoms with Crippen molar-refractivity contribution in [1.29, 1.82) is 0 Å². The number of nitrogens with one attached hydrogen (secondary N) is 1. The van der Waals surface area contributed by atoms with E-state index in [1.807, 2.05) is 60.3 Å². The summed E-state index contributed by atoms with van der Waals surface area (Å²) in [6.07, 6.45) is 0. The van der Waals surface area contributed by atoms with Crippen LogP contribution >= 0.6 is 23.1 Å². The first kappa shape index (κ1) is 18.5. The van der Waals surface area contributed by atoms with Crippen LogP contribution in [0.25, 0.3) is 11.4 Å². The van der Waals surface area contributed by atoms with E-state index in [2.05, 4.69) is 15.5 Å². The molecule has 0 saturated heterocycles. The van der Waals surface area contributed by atoms with E-state index < -0.39 is 0 Å². The van der Waals surface area contributed by atoms with Crippen LogP contribution in [0.2, 0.25) is 0 Å². The van der Waals surface area contributed by atoms with Gasteiger partial charge in [0, 0.05) is 17.5 Å². The zero-order valence-electron chi connectivity index (χ0n) is 14.8. The molecule has 3 aromatic rings. The highest BCUT2D eigenvalue weighted by atomic mass is 32.2. The van der Waals surface area contributed by atoms with E-state index >= 15 is 0 Å². The first-order valence-electron chi connectivity index (χ1n) is 8.08. The third kappa shape index (κ3) is 4.25. The summed E-state index contributed by atoms with van der Waals surface area (Å²) in [6.45, 7) is 1.98. The molecule has 26 heavy (non-hydrogen) atoms. The summed E-state index contributed by atoms with van der Waals surface area (Å²) >= 11 is 3.01. The Labute approximate surface area is 160 Å². The van der Waals surface area contributed by atoms with Crippen molar-refractivity contribution in [3.8, 4) is 17.1 Å². The molecular weight excluding hydrogens is 368 g/mol. The lowest BCUT2D eigenvalue weighted by atomic mass is 10.2. The van der Waals surface area contributed by atoms with E-state index in [-0.39, 0.29) is 11.9 Å². The number of hydrogen-bond acceptors (Lipinski definition) is 6. The second-order valence-corrected chi connectivity index (χ2v) is 7.61. The summed E-state index contributed by atoms with van der Waals surface area (Å²) in [4.78, 5) is 13.3. The largest absolute Gasteiger partial charge is 0.497 e. The summed E-state index contributed by atoms with van der Waals surface area (Å²) < 4.78 is 7.06. The highest BCUT2D eigenvalue weighted by molar-refractivity contribution is 7.99. The van der Waals surface area contributed by atoms with Crippen LogP contribution in [-0.4, -0.2) is 33.5 Å². The highest BCUT2D eigenvalue weighted by Gasteiger charge is 2.15. The first-order chi connectivity index (χ1) is 12.6. The number of ether oxygens (including phenoxy) is 1. The van der Waals surface area contributed by atoms with Crippen LogP contribution in [0.4, 0.5) is 0 Å². The van der Waals surface area contributed by atoms with Gasteiger partial charge in [-0.3, -0.25) is 4.79 Å². The van der Waals surface area contributed by atoms with Gasteiger partial charge in [0.05, 0.1) is 18.9 Å². The molecule has 0 radical (unpaired) electrons. The molecule has 0 saturated carbocycles. The minimum absolute atomic E-state index is 0.0115. The molecular formula is C18H20N4O2S2. The van der Waals surface area contributed by atoms with Crippen LogP contribution < -0.4 is 10.1 Å². The van der Waals surface area contributed by atoms with Crippen LogP contribution in [0.5, 0.6) is 5.75 Å². The number of thioether (sulfide) groups is 1. The van der Waals surface area contributed by atoms with Gasteiger partial charge in [-0.2, -0.15) is 0 Å². The molecule has 2 aromatic heterocycles. The van der Waals surface area contributed by atoms with Gasteiger partial charge in [-0.15, -0.1) is 21.5 Å². The summed E-state index contributed by atoms with van der Waals surface area (Å²) in [6, 6.07) is 11.7. The van der Waals surface area contributed by atoms with Crippen LogP contribution in [-0.2, 0) is 11.8 Å². The highest BCUT2D eigenvalue weighted by Crippen LogP contribution is 2.24. The molecule has 0 aliphatic heterocycles. The number of methoxy groups -OCH3 is 1. The predicted molar refractivity (Wildman–Crippen MR) is 105 cm³/mol. The van der Waals surface area contributed by atoms with Gasteiger partial charge >= 0.3 is 0 Å². The molecule has 1 amide bonds. The Morgan fingerprint density at radius 1 is 1.31 bits per heavy atom. The fourth-order valence-electron chi connectivity index (χ4n) is 2.45. The monoisotopic (exact) mass is 388 g/mol. The van der Waals surface area contributed by atoms with E-state index in [0.717, 1.165) is 22.0 Å². The quantitative estimate of drug-likeness (QED) is 0.627. The van der Waals surface area contributed by atoms with Gasteiger partial charge in [-0.1, -0.05) is 17.8 Å². The van der Waals surface area contributed by atoms with Gasteiger partial charge in [-0.05, 0) is 42.6 Å². The van der Waals surface area contributed by atoms with Crippen molar-refractivity contribution in [2.45, 2.75) is 18.1 Å². The van der Waals surface area contributed by atoms with E-state index in [1.54, 1.807) is 18.4 Å². The maximum Gasteiger partial charge on any atom is 0.230 e. The van der Waals surface area contributed by atoms with Crippen molar-refractivity contribution in [3.63, 3.8) is 0 Å². The molecule has 6 nitrogen and oxygen atoms in total. The third-order valence-electron chi connectivity index (χ3n) is 3.86. The number of rotatable bonds is 7. The lowest BCUT2D eigenvalue weighted by Gasteiger charge is -2.11. The molecule has 8 heteroatoms. The molecule has 3 rings (SSSR count). The van der Waals surface area contributed by atoms with Crippen molar-refractivity contribution in [2.24, 2.45) is 7.05 Å². The van der Waals surface area contributed by atoms with Crippen LogP contribution in [0.15, 0.2) is 46.9 Å². The molecule has 0 aliphatic carbocycles. The smallest absolute Gasteiger partial charge is 0.230 e. The number of benzene rings is 1. The predicted octanol–water partition coefficient (Wildman–Crippen LogP) is 3.52. The second kappa shape index (κ2) is 8.37. The van der Waals surface area contributed by atoms with Gasteiger partial charge in [0.1, 0.15) is 5.75 Å². The maximum atomic E-state index is 12.2. The number of carbonyl (C=O) groups excluding carboxylic acids is 1. The normalized spacial score (nSPS) is 12.0. The van der Waals surface area contributed by atoms with E-state index in [1.165, 1.54) is 11.8 Å². The lowest BCUT2D eigenvalue weighted by molar-refractivity contribution is -0.119. The Hall–Kier alpha value is -2.32. The Kier molecular flexibility index (Phi) is 5.95. The number of amides is 1. The molecule has 2 heterocycles. The molecule has 1 aromatic carbocycles. The van der Waals surface area contributed by atoms with Crippen LogP contribution in [0, 0.1) is 0 Å². The molecule has 1 atom stereocenters. The zero-order chi connectivity index (χ0) is 18.5. The summed E-state index contributed by atoms with van der Waals surface area (Å²) in [5.74, 6) is 1.82. The Morgan fingerprint density at radius 2 is 2.08 bits per heavy atom. The SMILES string of the molecule is COc1ccc(-c2nnc(SCC(=O)NC(C)c3cccs3)n2C)cc1. The topological polar surface area (TPSA) is 69.0 Å². The minimum atomic E-state index is -0.0232. The number of thiophene rings is 1. The zero-order valence-corrected chi connectivity index (χ0v) is 16.4. The number of carbonyl (C=O) groups is 1. The molecule has 0 spiro atoms. The van der Waals surface area contributed by atoms with Gasteiger partial charge in [0.25, 0.3) is 0 Å². The number of aromatic nitrogens is 3. The summed E-state index contributed by atoms with van der Waals surface area (Å²) in [5, 5.41) is 14.2. The molecule has 1 unspecified atom stereocenters. The van der Waals surface area contributed by atoms with Crippen molar-refractivity contribution >= 4 is 29.0 Å². The number of nitrogens with zero attached hydrogens (tertiary/aromatic N) is 3. The van der Waals surface area contributed by atoms with Gasteiger partial charge < -0.3 is 14.6 Å². The van der Waals surface area contributed by atoms with E-state index in [9.17, 15) is 4.79 Å². The van der Waals surface area contributed by atoms with Gasteiger partial charge in [0.2, 0.25) is 5.91 Å². The third-order valence-corrected chi connectivity index (χ3v) is 5.94. The Morgan fingerprint density at radius 3 is 2.73 bits per heavy atom. The average molecular weight is 389 g/mol. The standard InChI is InChI=1S/C18H20N4O2S2/c1-12(15-5-4-10-25-15)19-16(23)11-26-18-21-20-17(22(18)2)13-6-8-14(24-3)9-7-13/h4-10,12H,11H2,1-3H3,(H,19,23). The number of hydrogen-bond donors (Lipinski definition) is 1. The van der Waals surface area contributed by atoms with Gasteiger partial charge in [0.15, 0.2) is 11.0 Å². The first-order valence-corrected chi connectivity index (χ1v) is 9.94. The van der Waals surface area contributed by atoms with Crippen LogP contribution in [0.3, 0.4) is 0 Å². The molecule has 0 bridgehead atoms.